The van der Waals surface area contributed by atoms with E-state index in [1.807, 2.05) is 44.2 Å². The van der Waals surface area contributed by atoms with Gasteiger partial charge in [0.15, 0.2) is 0 Å². The second-order valence-corrected chi connectivity index (χ2v) is 12.7. The standard InChI is InChI=1S/C31H37Cl2N3O5S/c1-5-22(3)34-31(38)29(6-2)35(19-26-27(32)13-10-14-28(26)33)30(37)20-36(42(4,39)40)24-15-17-25(18-16-24)41-21-23-11-8-7-9-12-23/h7-18,22,29H,5-6,19-21H2,1-4H3,(H,34,38)/t22-,29+/m1/s1. The zero-order valence-electron chi connectivity index (χ0n) is 24.2. The number of nitrogens with zero attached hydrogens (tertiary/aromatic N) is 2. The van der Waals surface area contributed by atoms with E-state index in [4.69, 9.17) is 27.9 Å². The number of hydrogen-bond donors (Lipinski definition) is 1. The van der Waals surface area contributed by atoms with Gasteiger partial charge < -0.3 is 15.0 Å². The highest BCUT2D eigenvalue weighted by Crippen LogP contribution is 2.28. The van der Waals surface area contributed by atoms with E-state index in [-0.39, 0.29) is 24.2 Å². The third-order valence-corrected chi connectivity index (χ3v) is 8.68. The number of benzene rings is 3. The van der Waals surface area contributed by atoms with Crippen LogP contribution in [0.25, 0.3) is 0 Å². The quantitative estimate of drug-likeness (QED) is 0.233. The Morgan fingerprint density at radius 3 is 2.07 bits per heavy atom. The molecular formula is C31H37Cl2N3O5S. The molecule has 0 radical (unpaired) electrons. The summed E-state index contributed by atoms with van der Waals surface area (Å²) in [5.41, 5.74) is 1.74. The highest BCUT2D eigenvalue weighted by atomic mass is 35.5. The van der Waals surface area contributed by atoms with Gasteiger partial charge in [0.05, 0.1) is 11.9 Å². The molecule has 0 saturated carbocycles. The fourth-order valence-electron chi connectivity index (χ4n) is 4.28. The van der Waals surface area contributed by atoms with E-state index in [0.29, 0.717) is 40.8 Å². The molecule has 0 aliphatic heterocycles. The molecule has 226 valence electrons. The smallest absolute Gasteiger partial charge is 0.244 e. The summed E-state index contributed by atoms with van der Waals surface area (Å²) >= 11 is 12.9. The summed E-state index contributed by atoms with van der Waals surface area (Å²) in [7, 11) is -3.89. The number of anilines is 1. The van der Waals surface area contributed by atoms with Crippen LogP contribution in [0.15, 0.2) is 72.8 Å². The molecule has 42 heavy (non-hydrogen) atoms. The summed E-state index contributed by atoms with van der Waals surface area (Å²) in [6.45, 7) is 5.36. The maximum Gasteiger partial charge on any atom is 0.244 e. The van der Waals surface area contributed by atoms with Crippen molar-refractivity contribution in [2.75, 3.05) is 17.1 Å². The van der Waals surface area contributed by atoms with Gasteiger partial charge in [-0.05, 0) is 61.7 Å². The van der Waals surface area contributed by atoms with Crippen LogP contribution in [-0.4, -0.2) is 50.0 Å². The van der Waals surface area contributed by atoms with Crippen LogP contribution in [0.3, 0.4) is 0 Å². The molecule has 3 aromatic carbocycles. The lowest BCUT2D eigenvalue weighted by molar-refractivity contribution is -0.140. The van der Waals surface area contributed by atoms with Crippen LogP contribution in [0.2, 0.25) is 10.0 Å². The lowest BCUT2D eigenvalue weighted by atomic mass is 10.1. The van der Waals surface area contributed by atoms with Crippen molar-refractivity contribution in [3.8, 4) is 5.75 Å². The van der Waals surface area contributed by atoms with Gasteiger partial charge in [-0.3, -0.25) is 13.9 Å². The fourth-order valence-corrected chi connectivity index (χ4v) is 5.64. The van der Waals surface area contributed by atoms with Gasteiger partial charge in [0.25, 0.3) is 0 Å². The molecule has 0 aromatic heterocycles. The predicted molar refractivity (Wildman–Crippen MR) is 168 cm³/mol. The van der Waals surface area contributed by atoms with Gasteiger partial charge in [0.2, 0.25) is 21.8 Å². The van der Waals surface area contributed by atoms with Crippen molar-refractivity contribution < 1.29 is 22.7 Å². The first-order valence-electron chi connectivity index (χ1n) is 13.7. The Morgan fingerprint density at radius 1 is 0.905 bits per heavy atom. The molecule has 0 aliphatic carbocycles. The third kappa shape index (κ3) is 9.11. The topological polar surface area (TPSA) is 96.0 Å². The van der Waals surface area contributed by atoms with Gasteiger partial charge in [-0.2, -0.15) is 0 Å². The molecule has 2 amide bonds. The van der Waals surface area contributed by atoms with Crippen LogP contribution in [0.1, 0.15) is 44.7 Å². The number of carbonyl (C=O) groups is 2. The van der Waals surface area contributed by atoms with Crippen molar-refractivity contribution in [1.29, 1.82) is 0 Å². The van der Waals surface area contributed by atoms with E-state index in [2.05, 4.69) is 5.32 Å². The number of ether oxygens (including phenoxy) is 1. The van der Waals surface area contributed by atoms with Gasteiger partial charge in [0.1, 0.15) is 24.9 Å². The van der Waals surface area contributed by atoms with Crippen molar-refractivity contribution in [3.05, 3.63) is 94.0 Å². The predicted octanol–water partition coefficient (Wildman–Crippen LogP) is 6.06. The highest BCUT2D eigenvalue weighted by Gasteiger charge is 2.33. The van der Waals surface area contributed by atoms with Crippen molar-refractivity contribution in [1.82, 2.24) is 10.2 Å². The van der Waals surface area contributed by atoms with Gasteiger partial charge in [-0.1, -0.05) is 73.4 Å². The molecule has 8 nitrogen and oxygen atoms in total. The Morgan fingerprint density at radius 2 is 1.52 bits per heavy atom. The zero-order valence-corrected chi connectivity index (χ0v) is 26.5. The molecule has 0 bridgehead atoms. The first-order chi connectivity index (χ1) is 19.9. The molecule has 0 aliphatic rings. The maximum absolute atomic E-state index is 13.9. The summed E-state index contributed by atoms with van der Waals surface area (Å²) < 4.78 is 32.7. The third-order valence-electron chi connectivity index (χ3n) is 6.83. The lowest BCUT2D eigenvalue weighted by Crippen LogP contribution is -2.53. The SMILES string of the molecule is CC[C@@H](C)NC(=O)[C@H](CC)N(Cc1c(Cl)cccc1Cl)C(=O)CN(c1ccc(OCc2ccccc2)cc1)S(C)(=O)=O. The zero-order chi connectivity index (χ0) is 30.9. The number of halogens is 2. The fraction of sp³-hybridized carbons (Fsp3) is 0.355. The van der Waals surface area contributed by atoms with Crippen molar-refractivity contribution in [2.45, 2.75) is 58.8 Å². The number of nitrogens with one attached hydrogen (secondary N) is 1. The van der Waals surface area contributed by atoms with Crippen LogP contribution < -0.4 is 14.4 Å². The first kappa shape index (κ1) is 33.2. The van der Waals surface area contributed by atoms with E-state index >= 15 is 0 Å². The summed E-state index contributed by atoms with van der Waals surface area (Å²) in [4.78, 5) is 28.6. The van der Waals surface area contributed by atoms with Crippen LogP contribution >= 0.6 is 23.2 Å². The number of sulfonamides is 1. The second-order valence-electron chi connectivity index (χ2n) is 10.0. The maximum atomic E-state index is 13.9. The van der Waals surface area contributed by atoms with E-state index in [9.17, 15) is 18.0 Å². The monoisotopic (exact) mass is 633 g/mol. The molecular weight excluding hydrogens is 597 g/mol. The van der Waals surface area contributed by atoms with Crippen molar-refractivity contribution in [2.24, 2.45) is 0 Å². The minimum Gasteiger partial charge on any atom is -0.489 e. The van der Waals surface area contributed by atoms with Crippen LogP contribution in [0.4, 0.5) is 5.69 Å². The van der Waals surface area contributed by atoms with E-state index in [1.54, 1.807) is 49.4 Å². The second kappa shape index (κ2) is 15.3. The van der Waals surface area contributed by atoms with Crippen LogP contribution in [0, 0.1) is 0 Å². The Labute approximate surface area is 258 Å². The number of amides is 2. The molecule has 2 atom stereocenters. The van der Waals surface area contributed by atoms with Gasteiger partial charge in [-0.15, -0.1) is 0 Å². The molecule has 3 aromatic rings. The minimum atomic E-state index is -3.89. The lowest BCUT2D eigenvalue weighted by Gasteiger charge is -2.33. The molecule has 3 rings (SSSR count). The van der Waals surface area contributed by atoms with Crippen LogP contribution in [0.5, 0.6) is 5.75 Å². The molecule has 11 heteroatoms. The first-order valence-corrected chi connectivity index (χ1v) is 16.3. The van der Waals surface area contributed by atoms with Crippen LogP contribution in [-0.2, 0) is 32.8 Å². The molecule has 1 N–H and O–H groups in total. The molecule has 0 saturated heterocycles. The van der Waals surface area contributed by atoms with Crippen molar-refractivity contribution in [3.63, 3.8) is 0 Å². The van der Waals surface area contributed by atoms with E-state index in [0.717, 1.165) is 16.1 Å². The van der Waals surface area contributed by atoms with Gasteiger partial charge in [0, 0.05) is 28.2 Å². The average molecular weight is 635 g/mol. The number of hydrogen-bond acceptors (Lipinski definition) is 5. The number of carbonyl (C=O) groups excluding carboxylic acids is 2. The largest absolute Gasteiger partial charge is 0.489 e. The Kier molecular flexibility index (Phi) is 12.1. The van der Waals surface area contributed by atoms with Gasteiger partial charge >= 0.3 is 0 Å². The molecule has 0 heterocycles. The summed E-state index contributed by atoms with van der Waals surface area (Å²) in [6.07, 6.45) is 2.03. The minimum absolute atomic E-state index is 0.0758. The Balaban J connectivity index is 1.89. The van der Waals surface area contributed by atoms with E-state index in [1.165, 1.54) is 4.90 Å². The summed E-state index contributed by atoms with van der Waals surface area (Å²) in [5.74, 6) is -0.369. The Hall–Kier alpha value is -3.27. The summed E-state index contributed by atoms with van der Waals surface area (Å²) in [5, 5.41) is 3.60. The van der Waals surface area contributed by atoms with E-state index < -0.39 is 28.5 Å². The number of rotatable bonds is 14. The highest BCUT2D eigenvalue weighted by molar-refractivity contribution is 7.92. The Bertz CT molecular complexity index is 1430. The van der Waals surface area contributed by atoms with Crippen molar-refractivity contribution >= 4 is 50.7 Å². The van der Waals surface area contributed by atoms with Gasteiger partial charge in [-0.25, -0.2) is 8.42 Å². The molecule has 0 spiro atoms. The normalized spacial score (nSPS) is 12.7. The average Bonchev–Trinajstić information content (AvgIpc) is 2.96. The summed E-state index contributed by atoms with van der Waals surface area (Å²) in [6, 6.07) is 20.1. The molecule has 0 fully saturated rings. The molecule has 0 unspecified atom stereocenters.